The molecule has 0 amide bonds. The highest BCUT2D eigenvalue weighted by Crippen LogP contribution is 2.55. The quantitative estimate of drug-likeness (QED) is 0.381. The second-order valence-electron chi connectivity index (χ2n) is 9.21. The van der Waals surface area contributed by atoms with Crippen molar-refractivity contribution in [3.63, 3.8) is 0 Å². The van der Waals surface area contributed by atoms with Gasteiger partial charge in [-0.15, -0.1) is 0 Å². The summed E-state index contributed by atoms with van der Waals surface area (Å²) in [7, 11) is 0. The normalized spacial score (nSPS) is 16.2. The van der Waals surface area contributed by atoms with Crippen LogP contribution in [0.25, 0.3) is 12.2 Å². The van der Waals surface area contributed by atoms with E-state index in [9.17, 15) is 0 Å². The Labute approximate surface area is 192 Å². The minimum absolute atomic E-state index is 0.280. The van der Waals surface area contributed by atoms with E-state index in [-0.39, 0.29) is 5.41 Å². The van der Waals surface area contributed by atoms with Crippen LogP contribution in [0.15, 0.2) is 60.2 Å². The van der Waals surface area contributed by atoms with Gasteiger partial charge in [0.15, 0.2) is 0 Å². The van der Waals surface area contributed by atoms with Crippen molar-refractivity contribution in [3.8, 4) is 0 Å². The SMILES string of the molecule is CC.CCC/C(=C\c1ccc(C(C)CC)cc1)C1(/C=C/c2ccc(C(C)C)cc2)CC1. The third-order valence-corrected chi connectivity index (χ3v) is 6.60. The Hall–Kier alpha value is -2.08. The van der Waals surface area contributed by atoms with Gasteiger partial charge in [-0.3, -0.25) is 0 Å². The summed E-state index contributed by atoms with van der Waals surface area (Å²) in [6.07, 6.45) is 13.4. The molecule has 31 heavy (non-hydrogen) atoms. The standard InChI is InChI=1S/C29H38.C2H6/c1-6-8-28(21-25-11-15-27(16-12-25)23(5)7-2)29(19-20-29)18-17-24-9-13-26(14-10-24)22(3)4;1-2/h9-18,21-23H,6-8,19-20H2,1-5H3;1-2H3/b18-17+,28-21+;. The van der Waals surface area contributed by atoms with Gasteiger partial charge in [-0.05, 0) is 59.8 Å². The zero-order valence-corrected chi connectivity index (χ0v) is 21.0. The molecule has 0 heteroatoms. The zero-order chi connectivity index (χ0) is 22.9. The first-order chi connectivity index (χ1) is 15.0. The lowest BCUT2D eigenvalue weighted by Crippen LogP contribution is -2.01. The van der Waals surface area contributed by atoms with Crippen molar-refractivity contribution in [2.75, 3.05) is 0 Å². The fourth-order valence-electron chi connectivity index (χ4n) is 4.07. The number of rotatable bonds is 9. The van der Waals surface area contributed by atoms with Gasteiger partial charge in [0.2, 0.25) is 0 Å². The molecular weight excluding hydrogens is 372 g/mol. The van der Waals surface area contributed by atoms with E-state index >= 15 is 0 Å². The Balaban J connectivity index is 0.00000166. The van der Waals surface area contributed by atoms with E-state index in [4.69, 9.17) is 0 Å². The van der Waals surface area contributed by atoms with Gasteiger partial charge in [0.25, 0.3) is 0 Å². The Bertz CT molecular complexity index is 827. The minimum atomic E-state index is 0.280. The first-order valence-electron chi connectivity index (χ1n) is 12.6. The number of hydrogen-bond donors (Lipinski definition) is 0. The van der Waals surface area contributed by atoms with Crippen molar-refractivity contribution < 1.29 is 0 Å². The first-order valence-corrected chi connectivity index (χ1v) is 12.6. The molecule has 1 aliphatic rings. The van der Waals surface area contributed by atoms with Crippen LogP contribution in [0.1, 0.15) is 115 Å². The van der Waals surface area contributed by atoms with Gasteiger partial charge < -0.3 is 0 Å². The average Bonchev–Trinajstić information content (AvgIpc) is 3.60. The van der Waals surface area contributed by atoms with Crippen LogP contribution in [0.5, 0.6) is 0 Å². The van der Waals surface area contributed by atoms with Crippen LogP contribution in [0, 0.1) is 5.41 Å². The summed E-state index contributed by atoms with van der Waals surface area (Å²) in [4.78, 5) is 0. The Kier molecular flexibility index (Phi) is 9.82. The molecule has 0 radical (unpaired) electrons. The number of hydrogen-bond acceptors (Lipinski definition) is 0. The highest BCUT2D eigenvalue weighted by Gasteiger charge is 2.42. The summed E-state index contributed by atoms with van der Waals surface area (Å²) in [5.74, 6) is 1.23. The highest BCUT2D eigenvalue weighted by molar-refractivity contribution is 5.60. The molecule has 0 aliphatic heterocycles. The van der Waals surface area contributed by atoms with Crippen molar-refractivity contribution in [1.29, 1.82) is 0 Å². The maximum atomic E-state index is 2.48. The smallest absolute Gasteiger partial charge is 0.00982 e. The average molecular weight is 417 g/mol. The summed E-state index contributed by atoms with van der Waals surface area (Å²) in [6, 6.07) is 18.3. The van der Waals surface area contributed by atoms with Crippen molar-refractivity contribution in [3.05, 3.63) is 82.4 Å². The van der Waals surface area contributed by atoms with Gasteiger partial charge in [-0.25, -0.2) is 0 Å². The van der Waals surface area contributed by atoms with Crippen LogP contribution >= 0.6 is 0 Å². The van der Waals surface area contributed by atoms with Crippen molar-refractivity contribution >= 4 is 12.2 Å². The fraction of sp³-hybridized carbons (Fsp3) is 0.484. The van der Waals surface area contributed by atoms with E-state index in [1.54, 1.807) is 5.57 Å². The summed E-state index contributed by atoms with van der Waals surface area (Å²) >= 11 is 0. The van der Waals surface area contributed by atoms with E-state index in [0.717, 1.165) is 0 Å². The molecule has 0 spiro atoms. The third kappa shape index (κ3) is 6.96. The number of allylic oxidation sites excluding steroid dienone is 2. The molecule has 0 saturated heterocycles. The lowest BCUT2D eigenvalue weighted by molar-refractivity contribution is 0.716. The Morgan fingerprint density at radius 1 is 0.839 bits per heavy atom. The van der Waals surface area contributed by atoms with Gasteiger partial charge in [0, 0.05) is 5.41 Å². The monoisotopic (exact) mass is 416 g/mol. The molecule has 1 fully saturated rings. The molecule has 0 aromatic heterocycles. The van der Waals surface area contributed by atoms with E-state index in [2.05, 4.69) is 101 Å². The molecule has 0 N–H and O–H groups in total. The van der Waals surface area contributed by atoms with Crippen molar-refractivity contribution in [2.45, 2.75) is 92.4 Å². The molecule has 1 saturated carbocycles. The molecule has 0 bridgehead atoms. The zero-order valence-electron chi connectivity index (χ0n) is 21.0. The fourth-order valence-corrected chi connectivity index (χ4v) is 4.07. The Morgan fingerprint density at radius 3 is 1.87 bits per heavy atom. The summed E-state index contributed by atoms with van der Waals surface area (Å²) in [5, 5.41) is 0. The van der Waals surface area contributed by atoms with E-state index in [1.807, 2.05) is 13.8 Å². The van der Waals surface area contributed by atoms with Gasteiger partial charge in [-0.2, -0.15) is 0 Å². The highest BCUT2D eigenvalue weighted by atomic mass is 14.5. The molecular formula is C31H44. The van der Waals surface area contributed by atoms with Gasteiger partial charge in [0.05, 0.1) is 0 Å². The second-order valence-corrected chi connectivity index (χ2v) is 9.21. The molecule has 1 unspecified atom stereocenters. The van der Waals surface area contributed by atoms with Crippen LogP contribution in [-0.2, 0) is 0 Å². The molecule has 1 atom stereocenters. The molecule has 0 heterocycles. The summed E-state index contributed by atoms with van der Waals surface area (Å²) in [6.45, 7) is 15.4. The largest absolute Gasteiger partial charge is 0.0737 e. The van der Waals surface area contributed by atoms with Crippen LogP contribution in [0.2, 0.25) is 0 Å². The predicted octanol–water partition coefficient (Wildman–Crippen LogP) is 10.0. The van der Waals surface area contributed by atoms with E-state index in [1.165, 1.54) is 54.4 Å². The van der Waals surface area contributed by atoms with Crippen LogP contribution in [0.4, 0.5) is 0 Å². The lowest BCUT2D eigenvalue weighted by atomic mass is 9.88. The van der Waals surface area contributed by atoms with Gasteiger partial charge in [-0.1, -0.05) is 127 Å². The summed E-state index contributed by atoms with van der Waals surface area (Å²) < 4.78 is 0. The van der Waals surface area contributed by atoms with Crippen LogP contribution in [0.3, 0.4) is 0 Å². The second kappa shape index (κ2) is 12.1. The first kappa shape index (κ1) is 25.2. The topological polar surface area (TPSA) is 0 Å². The molecule has 3 rings (SSSR count). The molecule has 2 aromatic rings. The van der Waals surface area contributed by atoms with E-state index in [0.29, 0.717) is 11.8 Å². The number of benzene rings is 2. The lowest BCUT2D eigenvalue weighted by Gasteiger charge is -2.16. The minimum Gasteiger partial charge on any atom is -0.0737 e. The predicted molar refractivity (Wildman–Crippen MR) is 141 cm³/mol. The molecule has 168 valence electrons. The van der Waals surface area contributed by atoms with Gasteiger partial charge >= 0.3 is 0 Å². The van der Waals surface area contributed by atoms with E-state index < -0.39 is 0 Å². The van der Waals surface area contributed by atoms with Crippen molar-refractivity contribution in [1.82, 2.24) is 0 Å². The molecule has 1 aliphatic carbocycles. The van der Waals surface area contributed by atoms with Crippen molar-refractivity contribution in [2.24, 2.45) is 5.41 Å². The summed E-state index contributed by atoms with van der Waals surface area (Å²) in [5.41, 5.74) is 7.41. The third-order valence-electron chi connectivity index (χ3n) is 6.60. The van der Waals surface area contributed by atoms with Crippen LogP contribution in [-0.4, -0.2) is 0 Å². The maximum Gasteiger partial charge on any atom is 0.00982 e. The molecule has 0 nitrogen and oxygen atoms in total. The molecule has 2 aromatic carbocycles. The Morgan fingerprint density at radius 2 is 1.39 bits per heavy atom. The maximum absolute atomic E-state index is 2.48. The van der Waals surface area contributed by atoms with Gasteiger partial charge in [0.1, 0.15) is 0 Å². The van der Waals surface area contributed by atoms with Crippen LogP contribution < -0.4 is 0 Å².